The lowest BCUT2D eigenvalue weighted by Gasteiger charge is -2.33. The lowest BCUT2D eigenvalue weighted by molar-refractivity contribution is 0.342. The Labute approximate surface area is 249 Å². The van der Waals surface area contributed by atoms with Crippen molar-refractivity contribution in [3.8, 4) is 0 Å². The van der Waals surface area contributed by atoms with Gasteiger partial charge < -0.3 is 9.80 Å². The second-order valence-electron chi connectivity index (χ2n) is 11.8. The summed E-state index contributed by atoms with van der Waals surface area (Å²) in [5.74, 6) is 2.08. The molecular formula is C34H55ClN4O. The van der Waals surface area contributed by atoms with Crippen LogP contribution in [0.3, 0.4) is 0 Å². The van der Waals surface area contributed by atoms with E-state index >= 15 is 0 Å². The maximum atomic E-state index is 13.2. The average molecular weight is 571 g/mol. The molecule has 0 radical (unpaired) electrons. The number of nitrogens with zero attached hydrogens (tertiary/aromatic N) is 3. The molecule has 1 aromatic heterocycles. The molecule has 1 atom stereocenters. The van der Waals surface area contributed by atoms with Crippen LogP contribution < -0.4 is 15.4 Å². The van der Waals surface area contributed by atoms with Gasteiger partial charge in [0.1, 0.15) is 5.69 Å². The lowest BCUT2D eigenvalue weighted by atomic mass is 9.88. The van der Waals surface area contributed by atoms with Crippen LogP contribution in [0.4, 0.5) is 11.6 Å². The summed E-state index contributed by atoms with van der Waals surface area (Å²) in [6.07, 6.45) is 14.6. The van der Waals surface area contributed by atoms with E-state index in [9.17, 15) is 4.79 Å². The molecule has 1 aliphatic rings. The van der Waals surface area contributed by atoms with Crippen LogP contribution in [-0.4, -0.2) is 37.2 Å². The molecule has 1 aliphatic carbocycles. The predicted molar refractivity (Wildman–Crippen MR) is 176 cm³/mol. The number of hydrogen-bond donors (Lipinski definition) is 1. The highest BCUT2D eigenvalue weighted by molar-refractivity contribution is 6.31. The zero-order chi connectivity index (χ0) is 29.5. The third kappa shape index (κ3) is 11.0. The molecule has 1 fully saturated rings. The van der Waals surface area contributed by atoms with Crippen LogP contribution in [0.2, 0.25) is 5.02 Å². The summed E-state index contributed by atoms with van der Waals surface area (Å²) in [4.78, 5) is 25.7. The molecule has 2 aromatic rings. The molecule has 40 heavy (non-hydrogen) atoms. The van der Waals surface area contributed by atoms with E-state index < -0.39 is 0 Å². The molecule has 1 unspecified atom stereocenters. The number of rotatable bonds is 14. The fraction of sp³-hybridized carbons (Fsp3) is 0.647. The maximum absolute atomic E-state index is 13.2. The number of aromatic nitrogens is 2. The van der Waals surface area contributed by atoms with Crippen molar-refractivity contribution in [3.05, 3.63) is 57.5 Å². The minimum atomic E-state index is -0.0542. The second kappa shape index (κ2) is 18.2. The summed E-state index contributed by atoms with van der Waals surface area (Å²) in [6, 6.07) is 7.77. The van der Waals surface area contributed by atoms with Crippen molar-refractivity contribution in [2.24, 2.45) is 11.8 Å². The normalized spacial score (nSPS) is 14.3. The Morgan fingerprint density at radius 3 is 2.33 bits per heavy atom. The number of aromatic amines is 1. The van der Waals surface area contributed by atoms with Gasteiger partial charge in [-0.05, 0) is 68.1 Å². The highest BCUT2D eigenvalue weighted by Crippen LogP contribution is 2.29. The Balaban J connectivity index is 0.000000598. The van der Waals surface area contributed by atoms with E-state index in [1.165, 1.54) is 64.2 Å². The van der Waals surface area contributed by atoms with Gasteiger partial charge in [-0.1, -0.05) is 102 Å². The van der Waals surface area contributed by atoms with Gasteiger partial charge in [-0.2, -0.15) is 0 Å². The largest absolute Gasteiger partial charge is 0.371 e. The summed E-state index contributed by atoms with van der Waals surface area (Å²) in [7, 11) is 3.83. The van der Waals surface area contributed by atoms with Crippen molar-refractivity contribution in [1.82, 2.24) is 9.97 Å². The molecule has 5 nitrogen and oxygen atoms in total. The fourth-order valence-corrected chi connectivity index (χ4v) is 5.84. The smallest absolute Gasteiger partial charge is 0.276 e. The SMILES string of the molecule is C=C(CCC)c1nc(N(CC(CCC)CCCC)CC2CCCCC2)[nH]c(=O)c1N(C)C.Cc1ccccc1Cl. The number of allylic oxidation sites excluding steroid dienone is 1. The maximum Gasteiger partial charge on any atom is 0.276 e. The monoisotopic (exact) mass is 570 g/mol. The zero-order valence-corrected chi connectivity index (χ0v) is 27.0. The molecule has 1 heterocycles. The summed E-state index contributed by atoms with van der Waals surface area (Å²) in [5.41, 5.74) is 3.43. The van der Waals surface area contributed by atoms with Crippen LogP contribution in [0, 0.1) is 18.8 Å². The van der Waals surface area contributed by atoms with E-state index in [4.69, 9.17) is 16.6 Å². The van der Waals surface area contributed by atoms with Crippen LogP contribution >= 0.6 is 11.6 Å². The van der Waals surface area contributed by atoms with Crippen molar-refractivity contribution in [2.75, 3.05) is 37.0 Å². The number of unbranched alkanes of at least 4 members (excludes halogenated alkanes) is 1. The lowest BCUT2D eigenvalue weighted by Crippen LogP contribution is -2.38. The molecule has 0 aliphatic heterocycles. The van der Waals surface area contributed by atoms with E-state index in [0.29, 0.717) is 17.5 Å². The highest BCUT2D eigenvalue weighted by Gasteiger charge is 2.24. The Bertz CT molecular complexity index is 1050. The van der Waals surface area contributed by atoms with Crippen LogP contribution in [0.15, 0.2) is 35.6 Å². The standard InChI is InChI=1S/C27H48N4O.C7H7Cl/c1-7-10-16-22(15-9-3)19-31(20-23-17-12-11-13-18-23)27-28-24(21(4)14-8-2)25(30(5)6)26(32)29-27;1-6-4-2-3-5-7(6)8/h22-23H,4,7-20H2,1-3,5-6H3,(H,28,29,32);2-5H,1H3. The van der Waals surface area contributed by atoms with Crippen molar-refractivity contribution >= 4 is 28.8 Å². The number of nitrogens with one attached hydrogen (secondary N) is 1. The molecule has 1 saturated carbocycles. The van der Waals surface area contributed by atoms with E-state index in [1.807, 2.05) is 50.2 Å². The highest BCUT2D eigenvalue weighted by atomic mass is 35.5. The summed E-state index contributed by atoms with van der Waals surface area (Å²) < 4.78 is 0. The van der Waals surface area contributed by atoms with Gasteiger partial charge in [0, 0.05) is 32.2 Å². The summed E-state index contributed by atoms with van der Waals surface area (Å²) >= 11 is 5.71. The Hall–Kier alpha value is -2.27. The first-order chi connectivity index (χ1) is 19.2. The number of benzene rings is 1. The molecule has 0 saturated heterocycles. The topological polar surface area (TPSA) is 52.2 Å². The van der Waals surface area contributed by atoms with Gasteiger partial charge in [-0.3, -0.25) is 9.78 Å². The predicted octanol–water partition coefficient (Wildman–Crippen LogP) is 9.29. The van der Waals surface area contributed by atoms with E-state index in [-0.39, 0.29) is 5.56 Å². The molecule has 3 rings (SSSR count). The first kappa shape index (κ1) is 33.9. The Morgan fingerprint density at radius 1 is 1.07 bits per heavy atom. The van der Waals surface area contributed by atoms with Crippen molar-refractivity contribution in [1.29, 1.82) is 0 Å². The molecule has 1 aromatic carbocycles. The fourth-order valence-electron chi connectivity index (χ4n) is 5.71. The van der Waals surface area contributed by atoms with Crippen molar-refractivity contribution < 1.29 is 0 Å². The summed E-state index contributed by atoms with van der Waals surface area (Å²) in [5, 5.41) is 0.840. The van der Waals surface area contributed by atoms with E-state index in [0.717, 1.165) is 53.7 Å². The first-order valence-corrected chi connectivity index (χ1v) is 16.0. The quantitative estimate of drug-likeness (QED) is 0.246. The molecular weight excluding hydrogens is 516 g/mol. The van der Waals surface area contributed by atoms with Crippen LogP contribution in [0.1, 0.15) is 109 Å². The molecule has 1 N–H and O–H groups in total. The van der Waals surface area contributed by atoms with Gasteiger partial charge in [0.25, 0.3) is 5.56 Å². The van der Waals surface area contributed by atoms with Crippen LogP contribution in [-0.2, 0) is 0 Å². The van der Waals surface area contributed by atoms with Gasteiger partial charge in [0.2, 0.25) is 5.95 Å². The number of halogens is 1. The number of aryl methyl sites for hydroxylation is 1. The average Bonchev–Trinajstić information content (AvgIpc) is 2.93. The van der Waals surface area contributed by atoms with Crippen molar-refractivity contribution in [3.63, 3.8) is 0 Å². The molecule has 0 spiro atoms. The van der Waals surface area contributed by atoms with Gasteiger partial charge in [0.05, 0.1) is 5.69 Å². The van der Waals surface area contributed by atoms with Gasteiger partial charge >= 0.3 is 0 Å². The third-order valence-corrected chi connectivity index (χ3v) is 8.36. The molecule has 0 bridgehead atoms. The minimum absolute atomic E-state index is 0.0542. The van der Waals surface area contributed by atoms with Gasteiger partial charge in [-0.15, -0.1) is 0 Å². The Morgan fingerprint density at radius 2 is 1.77 bits per heavy atom. The van der Waals surface area contributed by atoms with Crippen LogP contribution in [0.5, 0.6) is 0 Å². The first-order valence-electron chi connectivity index (χ1n) is 15.7. The van der Waals surface area contributed by atoms with E-state index in [1.54, 1.807) is 0 Å². The number of hydrogen-bond acceptors (Lipinski definition) is 4. The second-order valence-corrected chi connectivity index (χ2v) is 12.2. The number of H-pyrrole nitrogens is 1. The van der Waals surface area contributed by atoms with Crippen LogP contribution in [0.25, 0.3) is 5.57 Å². The number of anilines is 2. The van der Waals surface area contributed by atoms with Gasteiger partial charge in [0.15, 0.2) is 0 Å². The van der Waals surface area contributed by atoms with Gasteiger partial charge in [-0.25, -0.2) is 4.98 Å². The van der Waals surface area contributed by atoms with E-state index in [2.05, 4.69) is 37.2 Å². The van der Waals surface area contributed by atoms with Crippen molar-refractivity contribution in [2.45, 2.75) is 105 Å². The summed E-state index contributed by atoms with van der Waals surface area (Å²) in [6.45, 7) is 14.9. The minimum Gasteiger partial charge on any atom is -0.371 e. The molecule has 224 valence electrons. The molecule has 0 amide bonds. The third-order valence-electron chi connectivity index (χ3n) is 7.94. The molecule has 6 heteroatoms. The Kier molecular flexibility index (Phi) is 15.5. The zero-order valence-electron chi connectivity index (χ0n) is 26.2.